The third kappa shape index (κ3) is 5.08. The Morgan fingerprint density at radius 1 is 0.857 bits per heavy atom. The zero-order valence-electron chi connectivity index (χ0n) is 15.7. The largest absolute Gasteiger partial charge is 0.495 e. The van der Waals surface area contributed by atoms with E-state index in [9.17, 15) is 4.79 Å². The van der Waals surface area contributed by atoms with Crippen LogP contribution in [0.2, 0.25) is 0 Å². The Kier molecular flexibility index (Phi) is 6.24. The predicted octanol–water partition coefficient (Wildman–Crippen LogP) is 5.06. The summed E-state index contributed by atoms with van der Waals surface area (Å²) in [6.45, 7) is 2.01. The van der Waals surface area contributed by atoms with E-state index in [1.807, 2.05) is 61.5 Å². The highest BCUT2D eigenvalue weighted by Gasteiger charge is 2.12. The van der Waals surface area contributed by atoms with E-state index < -0.39 is 0 Å². The molecule has 0 fully saturated rings. The van der Waals surface area contributed by atoms with Crippen molar-refractivity contribution in [3.63, 3.8) is 0 Å². The number of para-hydroxylation sites is 1. The van der Waals surface area contributed by atoms with E-state index in [0.717, 1.165) is 16.9 Å². The van der Waals surface area contributed by atoms with Gasteiger partial charge in [-0.15, -0.1) is 0 Å². The van der Waals surface area contributed by atoms with Gasteiger partial charge in [0, 0.05) is 16.9 Å². The van der Waals surface area contributed by atoms with Crippen molar-refractivity contribution in [2.45, 2.75) is 6.92 Å². The van der Waals surface area contributed by atoms with Crippen molar-refractivity contribution in [3.05, 3.63) is 83.9 Å². The summed E-state index contributed by atoms with van der Waals surface area (Å²) in [5, 5.41) is 9.51. The molecule has 1 amide bonds. The van der Waals surface area contributed by atoms with Crippen molar-refractivity contribution < 1.29 is 9.53 Å². The number of hydrogen-bond donors (Lipinski definition) is 3. The van der Waals surface area contributed by atoms with Crippen LogP contribution in [-0.4, -0.2) is 18.1 Å². The molecule has 0 saturated heterocycles. The quantitative estimate of drug-likeness (QED) is 0.530. The number of amides is 1. The maximum Gasteiger partial charge on any atom is 0.255 e. The van der Waals surface area contributed by atoms with Crippen LogP contribution in [0.25, 0.3) is 0 Å². The second-order valence-corrected chi connectivity index (χ2v) is 6.59. The molecule has 3 rings (SSSR count). The van der Waals surface area contributed by atoms with Gasteiger partial charge in [-0.1, -0.05) is 30.3 Å². The van der Waals surface area contributed by atoms with Gasteiger partial charge in [-0.2, -0.15) is 0 Å². The molecule has 0 radical (unpaired) electrons. The minimum absolute atomic E-state index is 0.213. The monoisotopic (exact) mass is 391 g/mol. The number of aryl methyl sites for hydroxylation is 1. The lowest BCUT2D eigenvalue weighted by Crippen LogP contribution is -2.20. The third-order valence-electron chi connectivity index (χ3n) is 4.02. The first-order valence-corrected chi connectivity index (χ1v) is 9.15. The van der Waals surface area contributed by atoms with Crippen molar-refractivity contribution in [1.29, 1.82) is 0 Å². The summed E-state index contributed by atoms with van der Waals surface area (Å²) in [6, 6.07) is 22.3. The number of hydrogen-bond acceptors (Lipinski definition) is 3. The predicted molar refractivity (Wildman–Crippen MR) is 118 cm³/mol. The van der Waals surface area contributed by atoms with Crippen LogP contribution in [-0.2, 0) is 0 Å². The Hall–Kier alpha value is -3.38. The maximum atomic E-state index is 12.6. The molecule has 28 heavy (non-hydrogen) atoms. The molecule has 0 aliphatic heterocycles. The standard InChI is InChI=1S/C22H21N3O2S/c1-15-7-6-10-18(13-15)24-22(28)25-19-14-16(11-12-20(19)27-2)21(26)23-17-8-4-3-5-9-17/h3-14H,1-2H3,(H,23,26)(H2,24,25,28). The van der Waals surface area contributed by atoms with E-state index in [2.05, 4.69) is 16.0 Å². The van der Waals surface area contributed by atoms with Crippen molar-refractivity contribution in [1.82, 2.24) is 0 Å². The molecule has 0 atom stereocenters. The number of ether oxygens (including phenoxy) is 1. The molecule has 0 saturated carbocycles. The zero-order chi connectivity index (χ0) is 19.9. The number of methoxy groups -OCH3 is 1. The van der Waals surface area contributed by atoms with Crippen LogP contribution in [0.5, 0.6) is 5.75 Å². The topological polar surface area (TPSA) is 62.4 Å². The molecule has 142 valence electrons. The van der Waals surface area contributed by atoms with Gasteiger partial charge in [0.05, 0.1) is 12.8 Å². The van der Waals surface area contributed by atoms with Crippen molar-refractivity contribution in [2.24, 2.45) is 0 Å². The summed E-state index contributed by atoms with van der Waals surface area (Å²) < 4.78 is 5.39. The van der Waals surface area contributed by atoms with E-state index in [1.165, 1.54) is 0 Å². The van der Waals surface area contributed by atoms with Crippen LogP contribution in [0.3, 0.4) is 0 Å². The molecule has 0 aromatic heterocycles. The van der Waals surface area contributed by atoms with E-state index in [1.54, 1.807) is 25.3 Å². The lowest BCUT2D eigenvalue weighted by molar-refractivity contribution is 0.102. The fraction of sp³-hybridized carbons (Fsp3) is 0.0909. The number of benzene rings is 3. The smallest absolute Gasteiger partial charge is 0.255 e. The Bertz CT molecular complexity index is 990. The van der Waals surface area contributed by atoms with Gasteiger partial charge in [0.15, 0.2) is 5.11 Å². The van der Waals surface area contributed by atoms with E-state index in [-0.39, 0.29) is 5.91 Å². The van der Waals surface area contributed by atoms with Gasteiger partial charge in [-0.3, -0.25) is 4.79 Å². The van der Waals surface area contributed by atoms with Crippen molar-refractivity contribution >= 4 is 40.3 Å². The molecule has 3 aromatic carbocycles. The molecular formula is C22H21N3O2S. The van der Waals surface area contributed by atoms with Crippen LogP contribution in [0.15, 0.2) is 72.8 Å². The summed E-state index contributed by atoms with van der Waals surface area (Å²) >= 11 is 5.40. The number of anilines is 3. The van der Waals surface area contributed by atoms with Gasteiger partial charge in [0.25, 0.3) is 5.91 Å². The zero-order valence-corrected chi connectivity index (χ0v) is 16.5. The molecule has 6 heteroatoms. The van der Waals surface area contributed by atoms with Gasteiger partial charge < -0.3 is 20.7 Å². The van der Waals surface area contributed by atoms with Gasteiger partial charge in [-0.25, -0.2) is 0 Å². The van der Waals surface area contributed by atoms with Gasteiger partial charge in [-0.05, 0) is 67.2 Å². The fourth-order valence-corrected chi connectivity index (χ4v) is 2.91. The summed E-state index contributed by atoms with van der Waals surface area (Å²) in [7, 11) is 1.57. The fourth-order valence-electron chi connectivity index (χ4n) is 2.68. The molecule has 5 nitrogen and oxygen atoms in total. The van der Waals surface area contributed by atoms with Gasteiger partial charge in [0.2, 0.25) is 0 Å². The Balaban J connectivity index is 1.75. The molecule has 3 N–H and O–H groups in total. The van der Waals surface area contributed by atoms with Crippen LogP contribution >= 0.6 is 12.2 Å². The Morgan fingerprint density at radius 2 is 1.61 bits per heavy atom. The highest BCUT2D eigenvalue weighted by atomic mass is 32.1. The average Bonchev–Trinajstić information content (AvgIpc) is 2.68. The molecule has 0 bridgehead atoms. The summed E-state index contributed by atoms with van der Waals surface area (Å²) in [5.74, 6) is 0.374. The number of carbonyl (C=O) groups is 1. The molecule has 3 aromatic rings. The molecule has 0 aliphatic rings. The van der Waals surface area contributed by atoms with Gasteiger partial charge >= 0.3 is 0 Å². The van der Waals surface area contributed by atoms with Gasteiger partial charge in [0.1, 0.15) is 5.75 Å². The molecule has 0 unspecified atom stereocenters. The average molecular weight is 391 g/mol. The minimum Gasteiger partial charge on any atom is -0.495 e. The maximum absolute atomic E-state index is 12.6. The van der Waals surface area contributed by atoms with Crippen molar-refractivity contribution in [2.75, 3.05) is 23.1 Å². The first-order valence-electron chi connectivity index (χ1n) is 8.74. The second kappa shape index (κ2) is 9.01. The third-order valence-corrected chi connectivity index (χ3v) is 4.22. The number of nitrogens with one attached hydrogen (secondary N) is 3. The highest BCUT2D eigenvalue weighted by Crippen LogP contribution is 2.26. The van der Waals surface area contributed by atoms with Crippen LogP contribution in [0.1, 0.15) is 15.9 Å². The molecule has 0 aliphatic carbocycles. The van der Waals surface area contributed by atoms with E-state index in [0.29, 0.717) is 22.1 Å². The summed E-state index contributed by atoms with van der Waals surface area (Å²) in [6.07, 6.45) is 0. The van der Waals surface area contributed by atoms with Crippen LogP contribution < -0.4 is 20.7 Å². The van der Waals surface area contributed by atoms with E-state index in [4.69, 9.17) is 17.0 Å². The number of thiocarbonyl (C=S) groups is 1. The molecule has 0 heterocycles. The van der Waals surface area contributed by atoms with Crippen molar-refractivity contribution in [3.8, 4) is 5.75 Å². The van der Waals surface area contributed by atoms with Crippen LogP contribution in [0.4, 0.5) is 17.1 Å². The summed E-state index contributed by atoms with van der Waals surface area (Å²) in [4.78, 5) is 12.6. The number of carbonyl (C=O) groups excluding carboxylic acids is 1. The van der Waals surface area contributed by atoms with E-state index >= 15 is 0 Å². The Labute approximate surface area is 169 Å². The molecular weight excluding hydrogens is 370 g/mol. The number of rotatable bonds is 5. The minimum atomic E-state index is -0.213. The lowest BCUT2D eigenvalue weighted by atomic mass is 10.1. The SMILES string of the molecule is COc1ccc(C(=O)Nc2ccccc2)cc1NC(=S)Nc1cccc(C)c1. The second-order valence-electron chi connectivity index (χ2n) is 6.18. The van der Waals surface area contributed by atoms with Crippen LogP contribution in [0, 0.1) is 6.92 Å². The normalized spacial score (nSPS) is 10.1. The Morgan fingerprint density at radius 3 is 2.32 bits per heavy atom. The first kappa shape index (κ1) is 19.4. The highest BCUT2D eigenvalue weighted by molar-refractivity contribution is 7.80. The first-order chi connectivity index (χ1) is 13.5. The summed E-state index contributed by atoms with van der Waals surface area (Å²) in [5.41, 5.74) is 3.84. The molecule has 0 spiro atoms. The lowest BCUT2D eigenvalue weighted by Gasteiger charge is -2.15.